The summed E-state index contributed by atoms with van der Waals surface area (Å²) < 4.78 is 5.49. The van der Waals surface area contributed by atoms with Crippen molar-refractivity contribution < 1.29 is 9.53 Å². The van der Waals surface area contributed by atoms with Gasteiger partial charge in [0.15, 0.2) is 0 Å². The van der Waals surface area contributed by atoms with Crippen molar-refractivity contribution in [3.05, 3.63) is 70.3 Å². The minimum Gasteiger partial charge on any atom is -0.444 e. The molecule has 158 valence electrons. The molecule has 3 rings (SSSR count). The van der Waals surface area contributed by atoms with Crippen LogP contribution in [0.25, 0.3) is 5.57 Å². The third-order valence-corrected chi connectivity index (χ3v) is 6.17. The Morgan fingerprint density at radius 1 is 1.19 bits per heavy atom. The Hall–Kier alpha value is -2.93. The van der Waals surface area contributed by atoms with Crippen molar-refractivity contribution in [3.63, 3.8) is 0 Å². The molecule has 2 atom stereocenters. The highest BCUT2D eigenvalue weighted by Gasteiger charge is 2.36. The van der Waals surface area contributed by atoms with Gasteiger partial charge in [0.1, 0.15) is 23.3 Å². The fourth-order valence-electron chi connectivity index (χ4n) is 3.56. The number of halogens is 1. The maximum atomic E-state index is 12.7. The molecule has 1 amide bonds. The molecule has 0 bridgehead atoms. The maximum Gasteiger partial charge on any atom is 0.408 e. The van der Waals surface area contributed by atoms with Crippen molar-refractivity contribution in [1.82, 2.24) is 5.32 Å². The van der Waals surface area contributed by atoms with E-state index in [2.05, 4.69) is 5.32 Å². The molecule has 0 fully saturated rings. The fourth-order valence-corrected chi connectivity index (χ4v) is 4.98. The number of nitrogens with one attached hydrogen (secondary N) is 1. The van der Waals surface area contributed by atoms with Crippen molar-refractivity contribution in [2.75, 3.05) is 5.75 Å². The number of nitriles is 2. The number of allylic oxidation sites excluding steroid dienone is 1. The molecule has 1 heterocycles. The summed E-state index contributed by atoms with van der Waals surface area (Å²) in [7, 11) is 0. The Bertz CT molecular complexity index is 1090. The zero-order valence-corrected chi connectivity index (χ0v) is 19.1. The third-order valence-electron chi connectivity index (χ3n) is 4.74. The van der Waals surface area contributed by atoms with E-state index in [1.807, 2.05) is 48.5 Å². The van der Waals surface area contributed by atoms with E-state index in [-0.39, 0.29) is 11.5 Å². The zero-order valence-electron chi connectivity index (χ0n) is 17.5. The summed E-state index contributed by atoms with van der Waals surface area (Å²) in [5.74, 6) is 0.242. The van der Waals surface area contributed by atoms with Crippen molar-refractivity contribution in [3.8, 4) is 12.1 Å². The number of carbonyl (C=O) groups is 1. The lowest BCUT2D eigenvalue weighted by molar-refractivity contribution is 0.0495. The van der Waals surface area contributed by atoms with Crippen LogP contribution in [-0.2, 0) is 4.74 Å². The molecule has 7 heteroatoms. The van der Waals surface area contributed by atoms with Gasteiger partial charge in [-0.2, -0.15) is 10.5 Å². The van der Waals surface area contributed by atoms with E-state index in [4.69, 9.17) is 16.3 Å². The number of carbonyl (C=O) groups excluding carboxylic acids is 1. The first-order chi connectivity index (χ1) is 14.7. The van der Waals surface area contributed by atoms with E-state index >= 15 is 0 Å². The minimum atomic E-state index is -0.667. The Morgan fingerprint density at radius 3 is 2.55 bits per heavy atom. The highest BCUT2D eigenvalue weighted by molar-refractivity contribution is 7.99. The smallest absolute Gasteiger partial charge is 0.408 e. The van der Waals surface area contributed by atoms with Crippen LogP contribution in [0.3, 0.4) is 0 Å². The van der Waals surface area contributed by atoms with Crippen LogP contribution in [0.1, 0.15) is 37.9 Å². The van der Waals surface area contributed by atoms with Crippen molar-refractivity contribution in [1.29, 1.82) is 10.5 Å². The quantitative estimate of drug-likeness (QED) is 0.567. The molecular formula is C24H22ClN3O2S. The first-order valence-corrected chi connectivity index (χ1v) is 11.1. The molecule has 2 aromatic rings. The number of rotatable bonds is 3. The van der Waals surface area contributed by atoms with Gasteiger partial charge < -0.3 is 10.1 Å². The van der Waals surface area contributed by atoms with E-state index in [1.54, 1.807) is 44.7 Å². The predicted molar refractivity (Wildman–Crippen MR) is 122 cm³/mol. The SMILES string of the molecule is CC(C)(C)OC(=O)N[C@@H](c1cccc(Cl)c1)[C@H]1CSc2ccccc2C1=C(C#N)C#N. The number of hydrogen-bond acceptors (Lipinski definition) is 5. The zero-order chi connectivity index (χ0) is 22.6. The molecule has 0 unspecified atom stereocenters. The van der Waals surface area contributed by atoms with Crippen LogP contribution in [0.4, 0.5) is 4.79 Å². The summed E-state index contributed by atoms with van der Waals surface area (Å²) in [6.07, 6.45) is -0.573. The van der Waals surface area contributed by atoms with Gasteiger partial charge in [-0.15, -0.1) is 11.8 Å². The van der Waals surface area contributed by atoms with Gasteiger partial charge in [-0.25, -0.2) is 4.79 Å². The first kappa shape index (κ1) is 22.7. The second kappa shape index (κ2) is 9.47. The Balaban J connectivity index is 2.13. The Kier molecular flexibility index (Phi) is 6.95. The van der Waals surface area contributed by atoms with E-state index in [9.17, 15) is 15.3 Å². The second-order valence-electron chi connectivity index (χ2n) is 8.10. The monoisotopic (exact) mass is 451 g/mol. The predicted octanol–water partition coefficient (Wildman–Crippen LogP) is 6.13. The number of hydrogen-bond donors (Lipinski definition) is 1. The normalized spacial score (nSPS) is 16.3. The molecule has 1 aliphatic heterocycles. The highest BCUT2D eigenvalue weighted by Crippen LogP contribution is 2.46. The van der Waals surface area contributed by atoms with Gasteiger partial charge >= 0.3 is 6.09 Å². The van der Waals surface area contributed by atoms with Crippen LogP contribution >= 0.6 is 23.4 Å². The standard InChI is InChI=1S/C24H22ClN3O2S/c1-24(2,3)30-23(29)28-22(15-7-6-8-17(25)11-15)19-14-31-20-10-5-4-9-18(20)21(19)16(12-26)13-27/h4-11,19,22H,14H2,1-3H3,(H,28,29)/t19-,22-/m0/s1. The van der Waals surface area contributed by atoms with Crippen LogP contribution in [0.15, 0.2) is 59.0 Å². The molecule has 1 aliphatic rings. The lowest BCUT2D eigenvalue weighted by Gasteiger charge is -2.35. The van der Waals surface area contributed by atoms with Gasteiger partial charge in [0.25, 0.3) is 0 Å². The van der Waals surface area contributed by atoms with Gasteiger partial charge in [-0.1, -0.05) is 41.9 Å². The van der Waals surface area contributed by atoms with Gasteiger partial charge in [0.05, 0.1) is 6.04 Å². The highest BCUT2D eigenvalue weighted by atomic mass is 35.5. The third kappa shape index (κ3) is 5.41. The first-order valence-electron chi connectivity index (χ1n) is 9.75. The summed E-state index contributed by atoms with van der Waals surface area (Å²) in [5.41, 5.74) is 1.60. The van der Waals surface area contributed by atoms with Crippen molar-refractivity contribution >= 4 is 35.0 Å². The van der Waals surface area contributed by atoms with Crippen molar-refractivity contribution in [2.45, 2.75) is 37.3 Å². The van der Waals surface area contributed by atoms with Crippen LogP contribution in [0, 0.1) is 28.6 Å². The summed E-state index contributed by atoms with van der Waals surface area (Å²) >= 11 is 7.87. The van der Waals surface area contributed by atoms with E-state index in [0.29, 0.717) is 16.3 Å². The largest absolute Gasteiger partial charge is 0.444 e. The Labute approximate surface area is 191 Å². The molecule has 0 aromatic heterocycles. The van der Waals surface area contributed by atoms with E-state index in [1.165, 1.54) is 0 Å². The summed E-state index contributed by atoms with van der Waals surface area (Å²) in [4.78, 5) is 13.7. The molecule has 1 N–H and O–H groups in total. The molecule has 2 aromatic carbocycles. The van der Waals surface area contributed by atoms with Gasteiger partial charge in [0, 0.05) is 21.6 Å². The maximum absolute atomic E-state index is 12.7. The molecule has 0 saturated carbocycles. The number of thioether (sulfide) groups is 1. The van der Waals surface area contributed by atoms with E-state index in [0.717, 1.165) is 16.0 Å². The Morgan fingerprint density at radius 2 is 1.90 bits per heavy atom. The van der Waals surface area contributed by atoms with Crippen LogP contribution in [-0.4, -0.2) is 17.4 Å². The summed E-state index contributed by atoms with van der Waals surface area (Å²) in [5, 5.41) is 22.9. The lowest BCUT2D eigenvalue weighted by Crippen LogP contribution is -2.39. The van der Waals surface area contributed by atoms with Gasteiger partial charge in [-0.05, 0) is 55.7 Å². The number of fused-ring (bicyclic) bond motifs is 1. The van der Waals surface area contributed by atoms with E-state index < -0.39 is 17.7 Å². The minimum absolute atomic E-state index is 0.0377. The number of benzene rings is 2. The molecule has 0 aliphatic carbocycles. The lowest BCUT2D eigenvalue weighted by atomic mass is 9.82. The second-order valence-corrected chi connectivity index (χ2v) is 9.60. The molecule has 5 nitrogen and oxygen atoms in total. The summed E-state index contributed by atoms with van der Waals surface area (Å²) in [6, 6.07) is 18.4. The number of alkyl carbamates (subject to hydrolysis) is 1. The summed E-state index contributed by atoms with van der Waals surface area (Å²) in [6.45, 7) is 5.38. The van der Waals surface area contributed by atoms with Gasteiger partial charge in [-0.3, -0.25) is 0 Å². The topological polar surface area (TPSA) is 85.9 Å². The van der Waals surface area contributed by atoms with Gasteiger partial charge in [0.2, 0.25) is 0 Å². The molecule has 31 heavy (non-hydrogen) atoms. The molecule has 0 spiro atoms. The van der Waals surface area contributed by atoms with Crippen LogP contribution in [0.2, 0.25) is 5.02 Å². The number of nitrogens with zero attached hydrogens (tertiary/aromatic N) is 2. The van der Waals surface area contributed by atoms with Crippen LogP contribution in [0.5, 0.6) is 0 Å². The molecule has 0 radical (unpaired) electrons. The number of amides is 1. The average molecular weight is 452 g/mol. The molecular weight excluding hydrogens is 430 g/mol. The average Bonchev–Trinajstić information content (AvgIpc) is 2.72. The molecule has 0 saturated heterocycles. The van der Waals surface area contributed by atoms with Crippen LogP contribution < -0.4 is 5.32 Å². The fraction of sp³-hybridized carbons (Fsp3) is 0.292. The number of ether oxygens (including phenoxy) is 1. The van der Waals surface area contributed by atoms with Crippen molar-refractivity contribution in [2.24, 2.45) is 5.92 Å².